The fourth-order valence-electron chi connectivity index (χ4n) is 2.57. The minimum Gasteiger partial charge on any atom is -0.389 e. The van der Waals surface area contributed by atoms with E-state index in [1.54, 1.807) is 0 Å². The molecule has 1 aliphatic carbocycles. The summed E-state index contributed by atoms with van der Waals surface area (Å²) in [4.78, 5) is 0.446. The SMILES string of the molecule is CC1(C)CCC(OCc2cccc(C(N)=S)c2)CC1. The molecule has 2 N–H and O–H groups in total. The molecule has 1 aliphatic rings. The Labute approximate surface area is 121 Å². The van der Waals surface area contributed by atoms with Crippen LogP contribution in [-0.2, 0) is 11.3 Å². The smallest absolute Gasteiger partial charge is 0.103 e. The van der Waals surface area contributed by atoms with E-state index in [0.29, 0.717) is 23.1 Å². The highest BCUT2D eigenvalue weighted by molar-refractivity contribution is 7.80. The summed E-state index contributed by atoms with van der Waals surface area (Å²) in [5.41, 5.74) is 8.20. The second-order valence-corrected chi connectivity index (χ2v) is 6.68. The molecule has 0 spiro atoms. The molecule has 104 valence electrons. The van der Waals surface area contributed by atoms with Gasteiger partial charge in [0.05, 0.1) is 12.7 Å². The van der Waals surface area contributed by atoms with Crippen LogP contribution in [0.4, 0.5) is 0 Å². The third-order valence-corrected chi connectivity index (χ3v) is 4.22. The van der Waals surface area contributed by atoms with Crippen LogP contribution < -0.4 is 5.73 Å². The maximum Gasteiger partial charge on any atom is 0.103 e. The van der Waals surface area contributed by atoms with Gasteiger partial charge in [-0.1, -0.05) is 44.3 Å². The van der Waals surface area contributed by atoms with Crippen LogP contribution in [0, 0.1) is 5.41 Å². The van der Waals surface area contributed by atoms with Crippen molar-refractivity contribution in [2.24, 2.45) is 11.1 Å². The first-order chi connectivity index (χ1) is 8.96. The Morgan fingerprint density at radius 3 is 2.68 bits per heavy atom. The van der Waals surface area contributed by atoms with Crippen LogP contribution >= 0.6 is 12.2 Å². The monoisotopic (exact) mass is 277 g/mol. The molecule has 3 heteroatoms. The molecule has 1 fully saturated rings. The van der Waals surface area contributed by atoms with E-state index in [2.05, 4.69) is 19.9 Å². The Hall–Kier alpha value is -0.930. The molecule has 0 saturated heterocycles. The molecule has 0 amide bonds. The number of benzene rings is 1. The number of ether oxygens (including phenoxy) is 1. The number of hydrogen-bond donors (Lipinski definition) is 1. The summed E-state index contributed by atoms with van der Waals surface area (Å²) >= 11 is 4.99. The Morgan fingerprint density at radius 2 is 2.05 bits per heavy atom. The summed E-state index contributed by atoms with van der Waals surface area (Å²) in [6.07, 6.45) is 5.25. The van der Waals surface area contributed by atoms with Crippen LogP contribution in [0.15, 0.2) is 24.3 Å². The highest BCUT2D eigenvalue weighted by Crippen LogP contribution is 2.36. The van der Waals surface area contributed by atoms with Crippen molar-refractivity contribution in [3.05, 3.63) is 35.4 Å². The van der Waals surface area contributed by atoms with Crippen molar-refractivity contribution in [3.8, 4) is 0 Å². The average Bonchev–Trinajstić information content (AvgIpc) is 2.38. The van der Waals surface area contributed by atoms with E-state index in [4.69, 9.17) is 22.7 Å². The molecule has 2 rings (SSSR count). The van der Waals surface area contributed by atoms with Gasteiger partial charge in [0.15, 0.2) is 0 Å². The van der Waals surface area contributed by atoms with Crippen molar-refractivity contribution in [2.45, 2.75) is 52.2 Å². The summed E-state index contributed by atoms with van der Waals surface area (Å²) in [6.45, 7) is 5.34. The van der Waals surface area contributed by atoms with Gasteiger partial charge >= 0.3 is 0 Å². The summed E-state index contributed by atoms with van der Waals surface area (Å²) < 4.78 is 6.01. The first-order valence-electron chi connectivity index (χ1n) is 6.97. The fraction of sp³-hybridized carbons (Fsp3) is 0.562. The van der Waals surface area contributed by atoms with E-state index >= 15 is 0 Å². The summed E-state index contributed by atoms with van der Waals surface area (Å²) in [5, 5.41) is 0. The minimum atomic E-state index is 0.404. The van der Waals surface area contributed by atoms with Crippen LogP contribution in [0.3, 0.4) is 0 Å². The van der Waals surface area contributed by atoms with Crippen LogP contribution in [0.5, 0.6) is 0 Å². The van der Waals surface area contributed by atoms with Crippen LogP contribution in [0.1, 0.15) is 50.7 Å². The van der Waals surface area contributed by atoms with Gasteiger partial charge in [-0.3, -0.25) is 0 Å². The molecule has 1 saturated carbocycles. The van der Waals surface area contributed by atoms with Crippen LogP contribution in [0.25, 0.3) is 0 Å². The molecule has 0 unspecified atom stereocenters. The zero-order valence-electron chi connectivity index (χ0n) is 11.8. The third-order valence-electron chi connectivity index (χ3n) is 3.98. The molecular formula is C16H23NOS. The highest BCUT2D eigenvalue weighted by atomic mass is 32.1. The van der Waals surface area contributed by atoms with Gasteiger partial charge in [0, 0.05) is 5.56 Å². The molecule has 1 aromatic rings. The molecule has 0 aliphatic heterocycles. The second-order valence-electron chi connectivity index (χ2n) is 6.24. The normalized spacial score (nSPS) is 19.3. The lowest BCUT2D eigenvalue weighted by atomic mass is 9.76. The third kappa shape index (κ3) is 4.29. The van der Waals surface area contributed by atoms with Crippen molar-refractivity contribution >= 4 is 17.2 Å². The molecule has 0 atom stereocenters. The topological polar surface area (TPSA) is 35.2 Å². The maximum atomic E-state index is 6.01. The Morgan fingerprint density at radius 1 is 1.37 bits per heavy atom. The van der Waals surface area contributed by atoms with Gasteiger partial charge in [0.25, 0.3) is 0 Å². The van der Waals surface area contributed by atoms with Gasteiger partial charge in [-0.2, -0.15) is 0 Å². The summed E-state index contributed by atoms with van der Waals surface area (Å²) in [7, 11) is 0. The second kappa shape index (κ2) is 6.02. The van der Waals surface area contributed by atoms with Crippen molar-refractivity contribution < 1.29 is 4.74 Å². The average molecular weight is 277 g/mol. The number of thiocarbonyl (C=S) groups is 1. The molecule has 1 aromatic carbocycles. The van der Waals surface area contributed by atoms with E-state index in [0.717, 1.165) is 11.1 Å². The fourth-order valence-corrected chi connectivity index (χ4v) is 2.69. The van der Waals surface area contributed by atoms with Crippen molar-refractivity contribution in [3.63, 3.8) is 0 Å². The predicted octanol–water partition coefficient (Wildman–Crippen LogP) is 3.81. The van der Waals surface area contributed by atoms with E-state index in [1.165, 1.54) is 25.7 Å². The minimum absolute atomic E-state index is 0.404. The quantitative estimate of drug-likeness (QED) is 0.850. The maximum absolute atomic E-state index is 6.01. The van der Waals surface area contributed by atoms with Gasteiger partial charge in [-0.25, -0.2) is 0 Å². The summed E-state index contributed by atoms with van der Waals surface area (Å²) in [6, 6.07) is 8.01. The zero-order valence-corrected chi connectivity index (χ0v) is 12.6. The van der Waals surface area contributed by atoms with Crippen molar-refractivity contribution in [2.75, 3.05) is 0 Å². The lowest BCUT2D eigenvalue weighted by Gasteiger charge is -2.34. The first kappa shape index (κ1) is 14.5. The largest absolute Gasteiger partial charge is 0.389 e. The van der Waals surface area contributed by atoms with Gasteiger partial charge in [0.2, 0.25) is 0 Å². The molecule has 0 radical (unpaired) electrons. The van der Waals surface area contributed by atoms with Gasteiger partial charge in [0.1, 0.15) is 4.99 Å². The van der Waals surface area contributed by atoms with E-state index in [-0.39, 0.29) is 0 Å². The van der Waals surface area contributed by atoms with Gasteiger partial charge in [-0.15, -0.1) is 0 Å². The number of nitrogens with two attached hydrogens (primary N) is 1. The Bertz CT molecular complexity index is 446. The molecular weight excluding hydrogens is 254 g/mol. The lowest BCUT2D eigenvalue weighted by Crippen LogP contribution is -2.26. The predicted molar refractivity (Wildman–Crippen MR) is 83.2 cm³/mol. The van der Waals surface area contributed by atoms with Gasteiger partial charge in [-0.05, 0) is 42.7 Å². The van der Waals surface area contributed by atoms with Gasteiger partial charge < -0.3 is 10.5 Å². The van der Waals surface area contributed by atoms with E-state index < -0.39 is 0 Å². The molecule has 0 bridgehead atoms. The molecule has 0 aromatic heterocycles. The number of rotatable bonds is 4. The summed E-state index contributed by atoms with van der Waals surface area (Å²) in [5.74, 6) is 0. The Kier molecular flexibility index (Phi) is 4.58. The van der Waals surface area contributed by atoms with Crippen molar-refractivity contribution in [1.82, 2.24) is 0 Å². The molecule has 19 heavy (non-hydrogen) atoms. The zero-order chi connectivity index (χ0) is 13.9. The number of hydrogen-bond acceptors (Lipinski definition) is 2. The van der Waals surface area contributed by atoms with E-state index in [9.17, 15) is 0 Å². The highest BCUT2D eigenvalue weighted by Gasteiger charge is 2.27. The van der Waals surface area contributed by atoms with Crippen LogP contribution in [-0.4, -0.2) is 11.1 Å². The lowest BCUT2D eigenvalue weighted by molar-refractivity contribution is -0.00558. The van der Waals surface area contributed by atoms with Crippen molar-refractivity contribution in [1.29, 1.82) is 0 Å². The van der Waals surface area contributed by atoms with E-state index in [1.807, 2.05) is 18.2 Å². The Balaban J connectivity index is 1.86. The molecule has 2 nitrogen and oxygen atoms in total. The van der Waals surface area contributed by atoms with Crippen LogP contribution in [0.2, 0.25) is 0 Å². The first-order valence-corrected chi connectivity index (χ1v) is 7.37. The standard InChI is InChI=1S/C16H23NOS/c1-16(2)8-6-14(7-9-16)18-11-12-4-3-5-13(10-12)15(17)19/h3-5,10,14H,6-9,11H2,1-2H3,(H2,17,19). The molecule has 0 heterocycles.